The molecule has 2 aliphatic rings. The molecule has 2 aliphatic heterocycles. The number of halogens is 1. The monoisotopic (exact) mass is 468 g/mol. The highest BCUT2D eigenvalue weighted by Crippen LogP contribution is 2.31. The van der Waals surface area contributed by atoms with Crippen LogP contribution in [0.5, 0.6) is 17.2 Å². The van der Waals surface area contributed by atoms with Gasteiger partial charge < -0.3 is 25.3 Å². The maximum Gasteiger partial charge on any atom is 0.281 e. The molecule has 3 aromatic rings. The minimum absolute atomic E-state index is 0.0419. The zero-order valence-electron chi connectivity index (χ0n) is 18.4. The van der Waals surface area contributed by atoms with E-state index in [1.54, 1.807) is 18.2 Å². The third kappa shape index (κ3) is 4.88. The zero-order valence-corrected chi connectivity index (χ0v) is 18.4. The molecule has 1 unspecified atom stereocenters. The zero-order chi connectivity index (χ0) is 23.5. The van der Waals surface area contributed by atoms with Crippen LogP contribution in [0, 0.1) is 0 Å². The van der Waals surface area contributed by atoms with Crippen molar-refractivity contribution < 1.29 is 23.4 Å². The molecule has 178 valence electrons. The number of anilines is 3. The first-order valence-corrected chi connectivity index (χ1v) is 11.1. The Bertz CT molecular complexity index is 1170. The van der Waals surface area contributed by atoms with Gasteiger partial charge >= 0.3 is 0 Å². The van der Waals surface area contributed by atoms with Crippen LogP contribution in [0.1, 0.15) is 16.8 Å². The van der Waals surface area contributed by atoms with Crippen molar-refractivity contribution in [1.82, 2.24) is 19.7 Å². The van der Waals surface area contributed by atoms with Crippen LogP contribution in [0.3, 0.4) is 0 Å². The van der Waals surface area contributed by atoms with Gasteiger partial charge in [0.1, 0.15) is 31.7 Å². The molecule has 0 aliphatic carbocycles. The van der Waals surface area contributed by atoms with Crippen molar-refractivity contribution in [3.63, 3.8) is 0 Å². The fraction of sp³-hybridized carbons (Fsp3) is 0.348. The molecule has 1 fully saturated rings. The van der Waals surface area contributed by atoms with E-state index in [0.29, 0.717) is 67.8 Å². The topological polar surface area (TPSA) is 117 Å². The Morgan fingerprint density at radius 3 is 2.74 bits per heavy atom. The standard InChI is InChI=1S/C23H25FN6O4/c24-16-7-8-29(14-16)9-10-32-18-4-2-17(3-5-18)26-23-27-22(25)30(28-23)21(31)15-1-6-19-20(13-15)34-12-11-33-19/h1-6,13,16H,7-12,14H2,(H3,25,26,27,28). The Morgan fingerprint density at radius 1 is 1.18 bits per heavy atom. The average molecular weight is 468 g/mol. The molecule has 3 heterocycles. The molecule has 1 atom stereocenters. The van der Waals surface area contributed by atoms with E-state index in [4.69, 9.17) is 19.9 Å². The summed E-state index contributed by atoms with van der Waals surface area (Å²) in [5, 5.41) is 7.23. The lowest BCUT2D eigenvalue weighted by Gasteiger charge is -2.18. The van der Waals surface area contributed by atoms with Crippen molar-refractivity contribution in [3.8, 4) is 17.2 Å². The smallest absolute Gasteiger partial charge is 0.281 e. The highest BCUT2D eigenvalue weighted by molar-refractivity contribution is 5.97. The number of hydrogen-bond acceptors (Lipinski definition) is 9. The van der Waals surface area contributed by atoms with E-state index in [1.165, 1.54) is 0 Å². The quantitative estimate of drug-likeness (QED) is 0.539. The van der Waals surface area contributed by atoms with Gasteiger partial charge in [0.25, 0.3) is 5.91 Å². The van der Waals surface area contributed by atoms with Crippen LogP contribution in [0.15, 0.2) is 42.5 Å². The first-order valence-electron chi connectivity index (χ1n) is 11.1. The Kier molecular flexibility index (Phi) is 6.17. The molecule has 10 nitrogen and oxygen atoms in total. The molecule has 0 radical (unpaired) electrons. The summed E-state index contributed by atoms with van der Waals surface area (Å²) in [6.45, 7) is 3.33. The molecule has 2 aromatic carbocycles. The molecule has 5 rings (SSSR count). The molecule has 11 heteroatoms. The second kappa shape index (κ2) is 9.56. The van der Waals surface area contributed by atoms with E-state index < -0.39 is 12.1 Å². The van der Waals surface area contributed by atoms with Gasteiger partial charge in [-0.15, -0.1) is 5.10 Å². The Balaban J connectivity index is 1.19. The number of fused-ring (bicyclic) bond motifs is 1. The highest BCUT2D eigenvalue weighted by atomic mass is 19.1. The number of nitrogens with zero attached hydrogens (tertiary/aromatic N) is 4. The fourth-order valence-electron chi connectivity index (χ4n) is 3.87. The first-order chi connectivity index (χ1) is 16.5. The van der Waals surface area contributed by atoms with E-state index in [1.807, 2.05) is 24.3 Å². The lowest BCUT2D eigenvalue weighted by molar-refractivity contribution is 0.0946. The maximum atomic E-state index is 13.2. The summed E-state index contributed by atoms with van der Waals surface area (Å²) in [7, 11) is 0. The van der Waals surface area contributed by atoms with Gasteiger partial charge in [-0.3, -0.25) is 9.69 Å². The van der Waals surface area contributed by atoms with Gasteiger partial charge in [-0.2, -0.15) is 9.67 Å². The predicted molar refractivity (Wildman–Crippen MR) is 123 cm³/mol. The number of aromatic nitrogens is 3. The average Bonchev–Trinajstić information content (AvgIpc) is 3.44. The molecule has 0 saturated carbocycles. The highest BCUT2D eigenvalue weighted by Gasteiger charge is 2.21. The fourth-order valence-corrected chi connectivity index (χ4v) is 3.87. The Hall–Kier alpha value is -3.86. The summed E-state index contributed by atoms with van der Waals surface area (Å²) >= 11 is 0. The largest absolute Gasteiger partial charge is 0.492 e. The van der Waals surface area contributed by atoms with Gasteiger partial charge in [0, 0.05) is 30.9 Å². The third-order valence-corrected chi connectivity index (χ3v) is 5.62. The van der Waals surface area contributed by atoms with Gasteiger partial charge in [-0.1, -0.05) is 0 Å². The van der Waals surface area contributed by atoms with Crippen LogP contribution >= 0.6 is 0 Å². The number of benzene rings is 2. The van der Waals surface area contributed by atoms with Crippen LogP contribution < -0.4 is 25.3 Å². The van der Waals surface area contributed by atoms with Crippen LogP contribution in [-0.4, -0.2) is 71.2 Å². The van der Waals surface area contributed by atoms with Crippen LogP contribution in [-0.2, 0) is 0 Å². The van der Waals surface area contributed by atoms with Gasteiger partial charge in [0.15, 0.2) is 11.5 Å². The van der Waals surface area contributed by atoms with Crippen molar-refractivity contribution in [2.75, 3.05) is 50.5 Å². The Labute approximate surface area is 195 Å². The predicted octanol–water partition coefficient (Wildman–Crippen LogP) is 2.49. The second-order valence-electron chi connectivity index (χ2n) is 8.05. The first kappa shape index (κ1) is 22.0. The third-order valence-electron chi connectivity index (χ3n) is 5.62. The van der Waals surface area contributed by atoms with Gasteiger partial charge in [0.05, 0.1) is 0 Å². The second-order valence-corrected chi connectivity index (χ2v) is 8.05. The van der Waals surface area contributed by atoms with Crippen molar-refractivity contribution in [2.45, 2.75) is 12.6 Å². The summed E-state index contributed by atoms with van der Waals surface area (Å²) in [5.74, 6) is 1.51. The number of nitrogens with one attached hydrogen (secondary N) is 1. The Morgan fingerprint density at radius 2 is 1.97 bits per heavy atom. The lowest BCUT2D eigenvalue weighted by atomic mass is 10.2. The molecular weight excluding hydrogens is 443 g/mol. The molecular formula is C23H25FN6O4. The number of likely N-dealkylation sites (tertiary alicyclic amines) is 1. The number of hydrogen-bond donors (Lipinski definition) is 2. The number of alkyl halides is 1. The normalized spacial score (nSPS) is 17.5. The van der Waals surface area contributed by atoms with Crippen molar-refractivity contribution in [1.29, 1.82) is 0 Å². The van der Waals surface area contributed by atoms with E-state index in [2.05, 4.69) is 20.3 Å². The van der Waals surface area contributed by atoms with E-state index in [0.717, 1.165) is 11.2 Å². The SMILES string of the molecule is Nc1nc(Nc2ccc(OCCN3CCC(F)C3)cc2)nn1C(=O)c1ccc2c(c1)OCCO2. The number of rotatable bonds is 7. The van der Waals surface area contributed by atoms with Gasteiger partial charge in [-0.05, 0) is 48.9 Å². The van der Waals surface area contributed by atoms with E-state index >= 15 is 0 Å². The number of carbonyl (C=O) groups excluding carboxylic acids is 1. The molecule has 1 saturated heterocycles. The molecule has 0 spiro atoms. The number of nitrogen functional groups attached to an aromatic ring is 1. The van der Waals surface area contributed by atoms with E-state index in [9.17, 15) is 9.18 Å². The molecule has 34 heavy (non-hydrogen) atoms. The lowest BCUT2D eigenvalue weighted by Crippen LogP contribution is -2.26. The van der Waals surface area contributed by atoms with Crippen molar-refractivity contribution >= 4 is 23.5 Å². The van der Waals surface area contributed by atoms with Crippen molar-refractivity contribution in [3.05, 3.63) is 48.0 Å². The molecule has 3 N–H and O–H groups in total. The summed E-state index contributed by atoms with van der Waals surface area (Å²) < 4.78 is 31.0. The molecule has 0 bridgehead atoms. The molecule has 1 aromatic heterocycles. The van der Waals surface area contributed by atoms with Gasteiger partial charge in [0.2, 0.25) is 11.9 Å². The summed E-state index contributed by atoms with van der Waals surface area (Å²) in [6, 6.07) is 12.1. The summed E-state index contributed by atoms with van der Waals surface area (Å²) in [4.78, 5) is 19.1. The summed E-state index contributed by atoms with van der Waals surface area (Å²) in [6.07, 6.45) is -0.134. The maximum absolute atomic E-state index is 13.2. The van der Waals surface area contributed by atoms with Crippen LogP contribution in [0.2, 0.25) is 0 Å². The van der Waals surface area contributed by atoms with Gasteiger partial charge in [-0.25, -0.2) is 4.39 Å². The minimum atomic E-state index is -0.728. The minimum Gasteiger partial charge on any atom is -0.492 e. The van der Waals surface area contributed by atoms with Crippen LogP contribution in [0.25, 0.3) is 0 Å². The molecule has 0 amide bonds. The number of nitrogens with two attached hydrogens (primary N) is 1. The number of carbonyl (C=O) groups is 1. The van der Waals surface area contributed by atoms with E-state index in [-0.39, 0.29) is 11.9 Å². The summed E-state index contributed by atoms with van der Waals surface area (Å²) in [5.41, 5.74) is 6.99. The number of ether oxygens (including phenoxy) is 3. The van der Waals surface area contributed by atoms with Crippen LogP contribution in [0.4, 0.5) is 22.0 Å². The van der Waals surface area contributed by atoms with Crippen molar-refractivity contribution in [2.24, 2.45) is 0 Å².